The van der Waals surface area contributed by atoms with E-state index in [1.54, 1.807) is 0 Å². The molecule has 0 saturated heterocycles. The van der Waals surface area contributed by atoms with E-state index < -0.39 is 6.10 Å². The van der Waals surface area contributed by atoms with E-state index in [2.05, 4.69) is 69.4 Å². The summed E-state index contributed by atoms with van der Waals surface area (Å²) in [6.45, 7) is 7.81. The Hall–Kier alpha value is -2.14. The summed E-state index contributed by atoms with van der Waals surface area (Å²) in [6.07, 6.45) is 71.3. The molecular weight excluding hydrogens is 813 g/mol. The highest BCUT2D eigenvalue weighted by molar-refractivity contribution is 5.70. The smallest absolute Gasteiger partial charge is 0.306 e. The van der Waals surface area contributed by atoms with Crippen LogP contribution < -0.4 is 0 Å². The van der Waals surface area contributed by atoms with Crippen LogP contribution in [0.3, 0.4) is 0 Å². The van der Waals surface area contributed by atoms with E-state index in [-0.39, 0.29) is 25.2 Å². The van der Waals surface area contributed by atoms with Crippen molar-refractivity contribution in [3.63, 3.8) is 0 Å². The van der Waals surface area contributed by atoms with Gasteiger partial charge in [-0.1, -0.05) is 256 Å². The predicted molar refractivity (Wildman–Crippen MR) is 288 cm³/mol. The van der Waals surface area contributed by atoms with Crippen molar-refractivity contribution in [1.82, 2.24) is 0 Å². The molecule has 66 heavy (non-hydrogen) atoms. The third-order valence-electron chi connectivity index (χ3n) is 12.8. The van der Waals surface area contributed by atoms with Gasteiger partial charge in [0.2, 0.25) is 0 Å². The molecule has 0 heterocycles. The van der Waals surface area contributed by atoms with Crippen molar-refractivity contribution < 1.29 is 23.8 Å². The summed E-state index contributed by atoms with van der Waals surface area (Å²) >= 11 is 0. The van der Waals surface area contributed by atoms with Crippen LogP contribution in [0.15, 0.2) is 48.6 Å². The minimum Gasteiger partial charge on any atom is -0.462 e. The Labute approximate surface area is 412 Å². The van der Waals surface area contributed by atoms with E-state index in [1.807, 2.05) is 0 Å². The van der Waals surface area contributed by atoms with E-state index in [4.69, 9.17) is 14.2 Å². The van der Waals surface area contributed by atoms with Crippen LogP contribution in [0.5, 0.6) is 0 Å². The molecular formula is C61H112O5. The monoisotopic (exact) mass is 925 g/mol. The molecule has 0 rings (SSSR count). The zero-order chi connectivity index (χ0) is 47.7. The van der Waals surface area contributed by atoms with Gasteiger partial charge in [-0.25, -0.2) is 0 Å². The fraction of sp³-hybridized carbons (Fsp3) is 0.836. The maximum atomic E-state index is 12.8. The largest absolute Gasteiger partial charge is 0.462 e. The number of hydrogen-bond donors (Lipinski definition) is 0. The molecule has 0 aromatic rings. The van der Waals surface area contributed by atoms with Crippen molar-refractivity contribution >= 4 is 11.9 Å². The molecule has 0 aliphatic heterocycles. The number of rotatable bonds is 54. The standard InChI is InChI=1S/C61H112O5/c1-4-7-10-13-16-19-22-24-26-28-30-32-34-36-38-41-44-47-50-53-56-64-57-59(66-61(63)55-52-49-46-43-39-21-18-15-12-9-6-3)58-65-60(62)54-51-48-45-42-40-37-35-33-31-29-27-25-23-20-17-14-11-8-5-2/h16,19,24-27,30,32,59H,4-15,17-18,20-23,28-29,31,33-58H2,1-3H3/b19-16-,26-24-,27-25-,32-30-. The molecule has 0 N–H and O–H groups in total. The topological polar surface area (TPSA) is 61.8 Å². The Balaban J connectivity index is 4.20. The first-order valence-electron chi connectivity index (χ1n) is 29.2. The van der Waals surface area contributed by atoms with Gasteiger partial charge >= 0.3 is 11.9 Å². The highest BCUT2D eigenvalue weighted by Gasteiger charge is 2.17. The van der Waals surface area contributed by atoms with Crippen LogP contribution in [0.1, 0.15) is 303 Å². The summed E-state index contributed by atoms with van der Waals surface area (Å²) < 4.78 is 17.5. The minimum atomic E-state index is -0.539. The number of ether oxygens (including phenoxy) is 3. The van der Waals surface area contributed by atoms with Gasteiger partial charge in [0.05, 0.1) is 6.61 Å². The lowest BCUT2D eigenvalue weighted by Gasteiger charge is -2.18. The average Bonchev–Trinajstić information content (AvgIpc) is 3.32. The summed E-state index contributed by atoms with van der Waals surface area (Å²) in [6, 6.07) is 0. The molecule has 5 nitrogen and oxygen atoms in total. The van der Waals surface area contributed by atoms with E-state index >= 15 is 0 Å². The van der Waals surface area contributed by atoms with Crippen LogP contribution >= 0.6 is 0 Å². The predicted octanol–water partition coefficient (Wildman–Crippen LogP) is 19.9. The third-order valence-corrected chi connectivity index (χ3v) is 12.8. The Morgan fingerprint density at radius 2 is 0.636 bits per heavy atom. The molecule has 0 aliphatic rings. The molecule has 0 saturated carbocycles. The molecule has 0 radical (unpaired) electrons. The molecule has 0 aliphatic carbocycles. The number of esters is 2. The van der Waals surface area contributed by atoms with E-state index in [1.165, 1.54) is 218 Å². The van der Waals surface area contributed by atoms with Gasteiger partial charge < -0.3 is 14.2 Å². The van der Waals surface area contributed by atoms with E-state index in [9.17, 15) is 9.59 Å². The highest BCUT2D eigenvalue weighted by Crippen LogP contribution is 2.16. The number of carbonyl (C=O) groups excluding carboxylic acids is 2. The Morgan fingerprint density at radius 1 is 0.333 bits per heavy atom. The fourth-order valence-electron chi connectivity index (χ4n) is 8.45. The van der Waals surface area contributed by atoms with E-state index in [0.29, 0.717) is 19.4 Å². The van der Waals surface area contributed by atoms with Gasteiger partial charge in [0.1, 0.15) is 6.61 Å². The zero-order valence-electron chi connectivity index (χ0n) is 44.5. The summed E-state index contributed by atoms with van der Waals surface area (Å²) in [5, 5.41) is 0. The third kappa shape index (κ3) is 54.5. The Morgan fingerprint density at radius 3 is 1.06 bits per heavy atom. The molecule has 0 spiro atoms. The molecule has 0 fully saturated rings. The Bertz CT molecular complexity index is 1090. The quantitative estimate of drug-likeness (QED) is 0.0345. The van der Waals surface area contributed by atoms with Gasteiger partial charge in [-0.05, 0) is 83.5 Å². The van der Waals surface area contributed by atoms with Gasteiger partial charge in [-0.2, -0.15) is 0 Å². The normalized spacial score (nSPS) is 12.5. The molecule has 5 heteroatoms. The summed E-state index contributed by atoms with van der Waals surface area (Å²) in [5.74, 6) is -0.391. The first-order chi connectivity index (χ1) is 32.6. The molecule has 0 aromatic heterocycles. The van der Waals surface area contributed by atoms with Gasteiger partial charge in [0.25, 0.3) is 0 Å². The van der Waals surface area contributed by atoms with Crippen molar-refractivity contribution in [3.05, 3.63) is 48.6 Å². The lowest BCUT2D eigenvalue weighted by atomic mass is 10.1. The van der Waals surface area contributed by atoms with Crippen molar-refractivity contribution in [2.75, 3.05) is 19.8 Å². The summed E-state index contributed by atoms with van der Waals surface area (Å²) in [5.41, 5.74) is 0. The van der Waals surface area contributed by atoms with E-state index in [0.717, 1.165) is 51.4 Å². The molecule has 1 unspecified atom stereocenters. The summed E-state index contributed by atoms with van der Waals surface area (Å²) in [4.78, 5) is 25.5. The fourth-order valence-corrected chi connectivity index (χ4v) is 8.45. The SMILES string of the molecule is CCCCC/C=C\C/C=C\C/C=C\CCCCCCCCCOCC(COC(=O)CCCCCCCCCCC/C=C\CCCCCCCC)OC(=O)CCCCCCCCCCCCC. The van der Waals surface area contributed by atoms with Gasteiger partial charge in [0, 0.05) is 19.4 Å². The molecule has 0 amide bonds. The van der Waals surface area contributed by atoms with Crippen LogP contribution in [0.25, 0.3) is 0 Å². The first-order valence-corrected chi connectivity index (χ1v) is 29.2. The lowest BCUT2D eigenvalue weighted by Crippen LogP contribution is -2.30. The van der Waals surface area contributed by atoms with Crippen molar-refractivity contribution in [1.29, 1.82) is 0 Å². The van der Waals surface area contributed by atoms with Crippen LogP contribution in [-0.2, 0) is 23.8 Å². The lowest BCUT2D eigenvalue weighted by molar-refractivity contribution is -0.163. The maximum absolute atomic E-state index is 12.8. The maximum Gasteiger partial charge on any atom is 0.306 e. The van der Waals surface area contributed by atoms with Gasteiger partial charge in [0.15, 0.2) is 6.10 Å². The van der Waals surface area contributed by atoms with Crippen LogP contribution in [0, 0.1) is 0 Å². The van der Waals surface area contributed by atoms with Crippen molar-refractivity contribution in [2.45, 2.75) is 309 Å². The van der Waals surface area contributed by atoms with Gasteiger partial charge in [-0.15, -0.1) is 0 Å². The average molecular weight is 926 g/mol. The molecule has 386 valence electrons. The van der Waals surface area contributed by atoms with Crippen LogP contribution in [-0.4, -0.2) is 37.9 Å². The number of carbonyl (C=O) groups is 2. The number of hydrogen-bond acceptors (Lipinski definition) is 5. The van der Waals surface area contributed by atoms with Crippen LogP contribution in [0.2, 0.25) is 0 Å². The Kier molecular flexibility index (Phi) is 55.3. The number of allylic oxidation sites excluding steroid dienone is 8. The second-order valence-electron chi connectivity index (χ2n) is 19.5. The molecule has 1 atom stereocenters. The molecule has 0 bridgehead atoms. The van der Waals surface area contributed by atoms with Gasteiger partial charge in [-0.3, -0.25) is 9.59 Å². The van der Waals surface area contributed by atoms with Crippen molar-refractivity contribution in [3.8, 4) is 0 Å². The zero-order valence-corrected chi connectivity index (χ0v) is 44.5. The molecule has 0 aromatic carbocycles. The first kappa shape index (κ1) is 63.9. The summed E-state index contributed by atoms with van der Waals surface area (Å²) in [7, 11) is 0. The second-order valence-corrected chi connectivity index (χ2v) is 19.5. The van der Waals surface area contributed by atoms with Crippen molar-refractivity contribution in [2.24, 2.45) is 0 Å². The highest BCUT2D eigenvalue weighted by atomic mass is 16.6. The van der Waals surface area contributed by atoms with Crippen LogP contribution in [0.4, 0.5) is 0 Å². The second kappa shape index (κ2) is 57.2. The number of unbranched alkanes of at least 4 members (excludes halogenated alkanes) is 35. The minimum absolute atomic E-state index is 0.0838.